The number of amides is 1. The van der Waals surface area contributed by atoms with Crippen LogP contribution in [0, 0.1) is 12.8 Å². The second-order valence-corrected chi connectivity index (χ2v) is 6.04. The molecule has 21 heavy (non-hydrogen) atoms. The van der Waals surface area contributed by atoms with Gasteiger partial charge >= 0.3 is 0 Å². The van der Waals surface area contributed by atoms with Gasteiger partial charge in [0.15, 0.2) is 0 Å². The molecule has 1 aliphatic rings. The maximum atomic E-state index is 12.5. The van der Waals surface area contributed by atoms with Crippen LogP contribution < -0.4 is 9.64 Å². The monoisotopic (exact) mass is 291 g/mol. The molecule has 0 aliphatic carbocycles. The van der Waals surface area contributed by atoms with Crippen molar-refractivity contribution in [1.82, 2.24) is 0 Å². The highest BCUT2D eigenvalue weighted by molar-refractivity contribution is 5.96. The molecule has 1 aromatic carbocycles. The zero-order valence-corrected chi connectivity index (χ0v) is 13.3. The Hall–Kier alpha value is -1.55. The van der Waals surface area contributed by atoms with Gasteiger partial charge in [0.1, 0.15) is 5.75 Å². The van der Waals surface area contributed by atoms with E-state index < -0.39 is 0 Å². The standard InChI is InChI=1S/C17H25NO3/c1-11(2)17(20)18-7-5-13(6-8-19)16-14(18)9-12(3)10-15(16)21-4/h9-11,13,19H,5-8H2,1-4H3/t13-/m0/s1. The van der Waals surface area contributed by atoms with Crippen molar-refractivity contribution in [3.63, 3.8) is 0 Å². The number of carbonyl (C=O) groups is 1. The van der Waals surface area contributed by atoms with E-state index in [4.69, 9.17) is 4.74 Å². The average molecular weight is 291 g/mol. The molecule has 0 spiro atoms. The van der Waals surface area contributed by atoms with E-state index in [1.165, 1.54) is 0 Å². The largest absolute Gasteiger partial charge is 0.496 e. The highest BCUT2D eigenvalue weighted by Crippen LogP contribution is 2.44. The average Bonchev–Trinajstić information content (AvgIpc) is 2.45. The molecule has 0 fully saturated rings. The van der Waals surface area contributed by atoms with Gasteiger partial charge in [-0.2, -0.15) is 0 Å². The predicted molar refractivity (Wildman–Crippen MR) is 84.0 cm³/mol. The summed E-state index contributed by atoms with van der Waals surface area (Å²) >= 11 is 0. The van der Waals surface area contributed by atoms with Crippen LogP contribution in [0.1, 0.15) is 43.7 Å². The molecule has 1 amide bonds. The van der Waals surface area contributed by atoms with E-state index in [0.29, 0.717) is 13.0 Å². The Morgan fingerprint density at radius 3 is 2.76 bits per heavy atom. The minimum atomic E-state index is -0.0289. The van der Waals surface area contributed by atoms with Gasteiger partial charge in [0, 0.05) is 24.6 Å². The molecule has 1 aliphatic heterocycles. The molecule has 0 radical (unpaired) electrons. The van der Waals surface area contributed by atoms with Crippen LogP contribution in [0.3, 0.4) is 0 Å². The number of aryl methyl sites for hydroxylation is 1. The molecule has 0 aromatic heterocycles. The van der Waals surface area contributed by atoms with Gasteiger partial charge in [-0.05, 0) is 43.4 Å². The van der Waals surface area contributed by atoms with Crippen molar-refractivity contribution >= 4 is 11.6 Å². The minimum Gasteiger partial charge on any atom is -0.496 e. The van der Waals surface area contributed by atoms with Crippen molar-refractivity contribution in [2.24, 2.45) is 5.92 Å². The van der Waals surface area contributed by atoms with Gasteiger partial charge in [0.05, 0.1) is 12.8 Å². The van der Waals surface area contributed by atoms with Crippen LogP contribution >= 0.6 is 0 Å². The molecular formula is C17H25NO3. The number of aliphatic hydroxyl groups is 1. The number of hydrogen-bond acceptors (Lipinski definition) is 3. The Balaban J connectivity index is 2.54. The molecule has 0 unspecified atom stereocenters. The SMILES string of the molecule is COc1cc(C)cc2c1[C@H](CCO)CCN2C(=O)C(C)C. The van der Waals surface area contributed by atoms with E-state index >= 15 is 0 Å². The second kappa shape index (κ2) is 6.48. The van der Waals surface area contributed by atoms with Crippen molar-refractivity contribution < 1.29 is 14.6 Å². The fourth-order valence-electron chi connectivity index (χ4n) is 3.08. The van der Waals surface area contributed by atoms with E-state index in [9.17, 15) is 9.90 Å². The second-order valence-electron chi connectivity index (χ2n) is 6.04. The van der Waals surface area contributed by atoms with Gasteiger partial charge in [-0.25, -0.2) is 0 Å². The number of fused-ring (bicyclic) bond motifs is 1. The third kappa shape index (κ3) is 3.05. The predicted octanol–water partition coefficient (Wildman–Crippen LogP) is 2.86. The fraction of sp³-hybridized carbons (Fsp3) is 0.588. The van der Waals surface area contributed by atoms with E-state index in [1.807, 2.05) is 31.7 Å². The van der Waals surface area contributed by atoms with E-state index in [2.05, 4.69) is 6.07 Å². The number of rotatable bonds is 4. The van der Waals surface area contributed by atoms with Crippen molar-refractivity contribution in [3.8, 4) is 5.75 Å². The first-order valence-electron chi connectivity index (χ1n) is 7.60. The maximum Gasteiger partial charge on any atom is 0.229 e. The molecule has 1 heterocycles. The Labute approximate surface area is 126 Å². The molecule has 0 saturated carbocycles. The van der Waals surface area contributed by atoms with E-state index in [0.717, 1.165) is 29.0 Å². The fourth-order valence-corrected chi connectivity index (χ4v) is 3.08. The summed E-state index contributed by atoms with van der Waals surface area (Å²) in [7, 11) is 1.66. The first kappa shape index (κ1) is 15.8. The third-order valence-electron chi connectivity index (χ3n) is 4.12. The molecule has 1 atom stereocenters. The number of anilines is 1. The molecule has 116 valence electrons. The summed E-state index contributed by atoms with van der Waals surface area (Å²) in [5.41, 5.74) is 3.10. The van der Waals surface area contributed by atoms with Crippen LogP contribution in [0.25, 0.3) is 0 Å². The number of nitrogens with zero attached hydrogens (tertiary/aromatic N) is 1. The summed E-state index contributed by atoms with van der Waals surface area (Å²) < 4.78 is 5.54. The third-order valence-corrected chi connectivity index (χ3v) is 4.12. The van der Waals surface area contributed by atoms with Crippen molar-refractivity contribution in [2.75, 3.05) is 25.2 Å². The van der Waals surface area contributed by atoms with Crippen molar-refractivity contribution in [2.45, 2.75) is 39.5 Å². The number of methoxy groups -OCH3 is 1. The topological polar surface area (TPSA) is 49.8 Å². The summed E-state index contributed by atoms with van der Waals surface area (Å²) in [5, 5.41) is 9.30. The van der Waals surface area contributed by atoms with Crippen LogP contribution in [0.5, 0.6) is 5.75 Å². The summed E-state index contributed by atoms with van der Waals surface area (Å²) in [6.45, 7) is 6.72. The zero-order valence-electron chi connectivity index (χ0n) is 13.3. The van der Waals surface area contributed by atoms with Gasteiger partial charge in [0.25, 0.3) is 0 Å². The Morgan fingerprint density at radius 2 is 2.19 bits per heavy atom. The highest BCUT2D eigenvalue weighted by atomic mass is 16.5. The minimum absolute atomic E-state index is 0.0289. The van der Waals surface area contributed by atoms with Crippen LogP contribution in [0.4, 0.5) is 5.69 Å². The Bertz CT molecular complexity index is 525. The van der Waals surface area contributed by atoms with Crippen LogP contribution in [0.15, 0.2) is 12.1 Å². The van der Waals surface area contributed by atoms with Gasteiger partial charge in [-0.1, -0.05) is 13.8 Å². The lowest BCUT2D eigenvalue weighted by Crippen LogP contribution is -2.39. The highest BCUT2D eigenvalue weighted by Gasteiger charge is 2.32. The normalized spacial score (nSPS) is 17.8. The van der Waals surface area contributed by atoms with Crippen molar-refractivity contribution in [3.05, 3.63) is 23.3 Å². The first-order chi connectivity index (χ1) is 9.99. The molecule has 1 N–H and O–H groups in total. The summed E-state index contributed by atoms with van der Waals surface area (Å²) in [6.07, 6.45) is 1.57. The molecule has 0 bridgehead atoms. The van der Waals surface area contributed by atoms with Gasteiger partial charge < -0.3 is 14.7 Å². The lowest BCUT2D eigenvalue weighted by molar-refractivity contribution is -0.121. The van der Waals surface area contributed by atoms with Crippen LogP contribution in [-0.4, -0.2) is 31.3 Å². The first-order valence-corrected chi connectivity index (χ1v) is 7.60. The number of carbonyl (C=O) groups excluding carboxylic acids is 1. The van der Waals surface area contributed by atoms with Crippen LogP contribution in [0.2, 0.25) is 0 Å². The van der Waals surface area contributed by atoms with Gasteiger partial charge in [-0.15, -0.1) is 0 Å². The summed E-state index contributed by atoms with van der Waals surface area (Å²) in [4.78, 5) is 14.4. The van der Waals surface area contributed by atoms with E-state index in [-0.39, 0.29) is 24.3 Å². The number of ether oxygens (including phenoxy) is 1. The van der Waals surface area contributed by atoms with Gasteiger partial charge in [0.2, 0.25) is 5.91 Å². The number of hydrogen-bond donors (Lipinski definition) is 1. The molecule has 1 aromatic rings. The summed E-state index contributed by atoms with van der Waals surface area (Å²) in [5.74, 6) is 1.19. The lowest BCUT2D eigenvalue weighted by atomic mass is 9.85. The molecular weight excluding hydrogens is 266 g/mol. The molecule has 4 heteroatoms. The number of aliphatic hydroxyl groups excluding tert-OH is 1. The Kier molecular flexibility index (Phi) is 4.88. The number of benzene rings is 1. The molecule has 0 saturated heterocycles. The summed E-state index contributed by atoms with van der Waals surface area (Å²) in [6, 6.07) is 4.06. The molecule has 2 rings (SSSR count). The Morgan fingerprint density at radius 1 is 1.48 bits per heavy atom. The lowest BCUT2D eigenvalue weighted by Gasteiger charge is -2.36. The molecule has 4 nitrogen and oxygen atoms in total. The van der Waals surface area contributed by atoms with Crippen molar-refractivity contribution in [1.29, 1.82) is 0 Å². The van der Waals surface area contributed by atoms with Crippen LogP contribution in [-0.2, 0) is 4.79 Å². The zero-order chi connectivity index (χ0) is 15.6. The smallest absolute Gasteiger partial charge is 0.229 e. The van der Waals surface area contributed by atoms with Gasteiger partial charge in [-0.3, -0.25) is 4.79 Å². The maximum absolute atomic E-state index is 12.5. The van der Waals surface area contributed by atoms with E-state index in [1.54, 1.807) is 7.11 Å². The quantitative estimate of drug-likeness (QED) is 0.928.